The average Bonchev–Trinajstić information content (AvgIpc) is 3.50. The zero-order valence-electron chi connectivity index (χ0n) is 17.2. The molecule has 0 atom stereocenters. The van der Waals surface area contributed by atoms with E-state index in [-0.39, 0.29) is 5.91 Å². The van der Waals surface area contributed by atoms with Crippen molar-refractivity contribution in [1.82, 2.24) is 25.3 Å². The molecule has 9 heteroatoms. The molecule has 0 spiro atoms. The number of hydrogen-bond acceptors (Lipinski definition) is 8. The van der Waals surface area contributed by atoms with Gasteiger partial charge in [0.25, 0.3) is 0 Å². The van der Waals surface area contributed by atoms with Gasteiger partial charge in [0.2, 0.25) is 17.6 Å². The number of nitrogens with one attached hydrogen (secondary N) is 1. The molecule has 160 valence electrons. The second-order valence-corrected chi connectivity index (χ2v) is 9.46. The third-order valence-corrected chi connectivity index (χ3v) is 7.21. The molecular formula is C21H27N5O2S2. The second-order valence-electron chi connectivity index (χ2n) is 7.51. The van der Waals surface area contributed by atoms with Crippen LogP contribution in [0.15, 0.2) is 33.5 Å². The highest BCUT2D eigenvalue weighted by atomic mass is 32.1. The first kappa shape index (κ1) is 21.2. The minimum Gasteiger partial charge on any atom is -0.350 e. The van der Waals surface area contributed by atoms with Crippen molar-refractivity contribution in [3.8, 4) is 10.7 Å². The lowest BCUT2D eigenvalue weighted by Crippen LogP contribution is -2.49. The van der Waals surface area contributed by atoms with Crippen LogP contribution in [0.4, 0.5) is 0 Å². The number of rotatable bonds is 9. The fourth-order valence-electron chi connectivity index (χ4n) is 3.51. The van der Waals surface area contributed by atoms with E-state index in [4.69, 9.17) is 4.52 Å². The lowest BCUT2D eigenvalue weighted by atomic mass is 10.2. The maximum atomic E-state index is 12.2. The van der Waals surface area contributed by atoms with Gasteiger partial charge in [-0.3, -0.25) is 9.69 Å². The number of carbonyl (C=O) groups is 1. The van der Waals surface area contributed by atoms with E-state index >= 15 is 0 Å². The van der Waals surface area contributed by atoms with E-state index in [1.54, 1.807) is 22.7 Å². The van der Waals surface area contributed by atoms with Crippen molar-refractivity contribution in [3.63, 3.8) is 0 Å². The summed E-state index contributed by atoms with van der Waals surface area (Å²) in [7, 11) is 0. The zero-order valence-corrected chi connectivity index (χ0v) is 18.8. The van der Waals surface area contributed by atoms with Crippen molar-refractivity contribution >= 4 is 28.6 Å². The maximum Gasteiger partial charge on any atom is 0.234 e. The fraction of sp³-hybridized carbons (Fsp3) is 0.476. The standard InChI is InChI=1S/C21H27N5O2S2/c1-16-6-13-30-18(16)14-22-19(27)15-26-10-8-25(9-11-26)7-2-5-20-23-21(24-28-20)17-4-3-12-29-17/h3-4,6,12-13H,2,5,7-11,14-15H2,1H3,(H,22,27). The van der Waals surface area contributed by atoms with Gasteiger partial charge in [0.1, 0.15) is 0 Å². The summed E-state index contributed by atoms with van der Waals surface area (Å²) in [4.78, 5) is 23.7. The SMILES string of the molecule is Cc1ccsc1CNC(=O)CN1CCN(CCCc2nc(-c3cccs3)no2)CC1. The van der Waals surface area contributed by atoms with E-state index in [0.717, 1.165) is 50.4 Å². The summed E-state index contributed by atoms with van der Waals surface area (Å²) in [5.41, 5.74) is 1.25. The molecular weight excluding hydrogens is 418 g/mol. The van der Waals surface area contributed by atoms with Crippen molar-refractivity contribution in [1.29, 1.82) is 0 Å². The van der Waals surface area contributed by atoms with Crippen molar-refractivity contribution in [3.05, 3.63) is 45.3 Å². The number of piperazine rings is 1. The summed E-state index contributed by atoms with van der Waals surface area (Å²) in [6, 6.07) is 6.08. The molecule has 3 aromatic heterocycles. The molecule has 0 aromatic carbocycles. The molecule has 1 saturated heterocycles. The third kappa shape index (κ3) is 5.75. The number of aryl methyl sites for hydroxylation is 2. The molecule has 0 unspecified atom stereocenters. The lowest BCUT2D eigenvalue weighted by Gasteiger charge is -2.34. The quantitative estimate of drug-likeness (QED) is 0.546. The Kier molecular flexibility index (Phi) is 7.27. The Morgan fingerprint density at radius 2 is 2.00 bits per heavy atom. The van der Waals surface area contributed by atoms with Crippen molar-refractivity contribution in [2.24, 2.45) is 0 Å². The Balaban J connectivity index is 1.11. The maximum absolute atomic E-state index is 12.2. The monoisotopic (exact) mass is 445 g/mol. The molecule has 1 amide bonds. The van der Waals surface area contributed by atoms with Crippen LogP contribution in [0.5, 0.6) is 0 Å². The van der Waals surface area contributed by atoms with Crippen molar-refractivity contribution in [2.75, 3.05) is 39.3 Å². The van der Waals surface area contributed by atoms with E-state index in [1.165, 1.54) is 10.4 Å². The van der Waals surface area contributed by atoms with Gasteiger partial charge in [0.05, 0.1) is 18.0 Å². The van der Waals surface area contributed by atoms with E-state index in [1.807, 2.05) is 17.5 Å². The second kappa shape index (κ2) is 10.3. The first-order valence-corrected chi connectivity index (χ1v) is 12.0. The molecule has 0 bridgehead atoms. The molecule has 0 aliphatic carbocycles. The molecule has 0 saturated carbocycles. The van der Waals surface area contributed by atoms with Crippen LogP contribution in [0, 0.1) is 6.92 Å². The van der Waals surface area contributed by atoms with Crippen molar-refractivity contribution < 1.29 is 9.32 Å². The normalized spacial score (nSPS) is 15.5. The number of aromatic nitrogens is 2. The van der Waals surface area contributed by atoms with E-state index < -0.39 is 0 Å². The minimum atomic E-state index is 0.106. The van der Waals surface area contributed by atoms with Gasteiger partial charge >= 0.3 is 0 Å². The number of nitrogens with zero attached hydrogens (tertiary/aromatic N) is 4. The van der Waals surface area contributed by atoms with Crippen LogP contribution in [-0.2, 0) is 17.8 Å². The van der Waals surface area contributed by atoms with Gasteiger partial charge < -0.3 is 14.7 Å². The van der Waals surface area contributed by atoms with Gasteiger partial charge in [-0.25, -0.2) is 0 Å². The highest BCUT2D eigenvalue weighted by Gasteiger charge is 2.19. The summed E-state index contributed by atoms with van der Waals surface area (Å²) in [6.07, 6.45) is 1.79. The molecule has 0 radical (unpaired) electrons. The van der Waals surface area contributed by atoms with Gasteiger partial charge in [0.15, 0.2) is 0 Å². The summed E-state index contributed by atoms with van der Waals surface area (Å²) in [6.45, 7) is 8.02. The predicted molar refractivity (Wildman–Crippen MR) is 120 cm³/mol. The van der Waals surface area contributed by atoms with Crippen LogP contribution < -0.4 is 5.32 Å². The number of amides is 1. The van der Waals surface area contributed by atoms with Gasteiger partial charge in [-0.2, -0.15) is 4.98 Å². The molecule has 1 fully saturated rings. The van der Waals surface area contributed by atoms with Gasteiger partial charge in [-0.1, -0.05) is 11.2 Å². The van der Waals surface area contributed by atoms with Gasteiger partial charge in [-0.15, -0.1) is 22.7 Å². The van der Waals surface area contributed by atoms with Crippen LogP contribution in [-0.4, -0.2) is 65.1 Å². The molecule has 3 aromatic rings. The van der Waals surface area contributed by atoms with Gasteiger partial charge in [-0.05, 0) is 48.3 Å². The predicted octanol–water partition coefficient (Wildman–Crippen LogP) is 3.03. The molecule has 1 aliphatic heterocycles. The molecule has 7 nitrogen and oxygen atoms in total. The van der Waals surface area contributed by atoms with E-state index in [9.17, 15) is 4.79 Å². The average molecular weight is 446 g/mol. The Morgan fingerprint density at radius 1 is 1.17 bits per heavy atom. The van der Waals surface area contributed by atoms with Crippen LogP contribution >= 0.6 is 22.7 Å². The number of hydrogen-bond donors (Lipinski definition) is 1. The van der Waals surface area contributed by atoms with Crippen LogP contribution in [0.25, 0.3) is 10.7 Å². The van der Waals surface area contributed by atoms with Crippen molar-refractivity contribution in [2.45, 2.75) is 26.3 Å². The Morgan fingerprint density at radius 3 is 2.73 bits per heavy atom. The topological polar surface area (TPSA) is 74.5 Å². The first-order chi connectivity index (χ1) is 14.7. The highest BCUT2D eigenvalue weighted by Crippen LogP contribution is 2.21. The van der Waals surface area contributed by atoms with Crippen LogP contribution in [0.3, 0.4) is 0 Å². The largest absolute Gasteiger partial charge is 0.350 e. The molecule has 1 N–H and O–H groups in total. The molecule has 30 heavy (non-hydrogen) atoms. The third-order valence-electron chi connectivity index (χ3n) is 5.32. The molecule has 4 heterocycles. The van der Waals surface area contributed by atoms with E-state index in [0.29, 0.717) is 24.8 Å². The van der Waals surface area contributed by atoms with E-state index in [2.05, 4.69) is 43.6 Å². The molecule has 1 aliphatic rings. The Labute approximate surface area is 184 Å². The first-order valence-electron chi connectivity index (χ1n) is 10.3. The smallest absolute Gasteiger partial charge is 0.234 e. The van der Waals surface area contributed by atoms with Gasteiger partial charge in [0, 0.05) is 37.5 Å². The number of thiophene rings is 2. The summed E-state index contributed by atoms with van der Waals surface area (Å²) in [5, 5.41) is 11.2. The summed E-state index contributed by atoms with van der Waals surface area (Å²) < 4.78 is 5.37. The minimum absolute atomic E-state index is 0.106. The van der Waals surface area contributed by atoms with Crippen LogP contribution in [0.2, 0.25) is 0 Å². The Bertz CT molecular complexity index is 929. The van der Waals surface area contributed by atoms with Crippen LogP contribution in [0.1, 0.15) is 22.8 Å². The fourth-order valence-corrected chi connectivity index (χ4v) is 5.01. The summed E-state index contributed by atoms with van der Waals surface area (Å²) in [5.74, 6) is 1.49. The lowest BCUT2D eigenvalue weighted by molar-refractivity contribution is -0.122. The number of carbonyl (C=O) groups excluding carboxylic acids is 1. The Hall–Kier alpha value is -2.07. The summed E-state index contributed by atoms with van der Waals surface area (Å²) >= 11 is 3.31. The highest BCUT2D eigenvalue weighted by molar-refractivity contribution is 7.13. The molecule has 4 rings (SSSR count). The zero-order chi connectivity index (χ0) is 20.8.